The normalized spacial score (nSPS) is 26.2. The second kappa shape index (κ2) is 5.50. The van der Waals surface area contributed by atoms with Gasteiger partial charge in [-0.3, -0.25) is 15.0 Å². The predicted octanol–water partition coefficient (Wildman–Crippen LogP) is 1.16. The molecular formula is C10H17ClN2O3. The van der Waals surface area contributed by atoms with Gasteiger partial charge in [0.15, 0.2) is 11.6 Å². The van der Waals surface area contributed by atoms with E-state index in [0.717, 1.165) is 0 Å². The molecule has 1 aliphatic heterocycles. The molecule has 0 aromatic carbocycles. The van der Waals surface area contributed by atoms with Crippen molar-refractivity contribution in [3.63, 3.8) is 0 Å². The lowest BCUT2D eigenvalue weighted by Crippen LogP contribution is -2.62. The molecule has 6 heteroatoms. The van der Waals surface area contributed by atoms with Crippen molar-refractivity contribution in [3.8, 4) is 0 Å². The topological polar surface area (TPSA) is 58.6 Å². The van der Waals surface area contributed by atoms with Gasteiger partial charge in [-0.05, 0) is 12.8 Å². The van der Waals surface area contributed by atoms with Crippen LogP contribution in [0.15, 0.2) is 0 Å². The monoisotopic (exact) mass is 248 g/mol. The van der Waals surface area contributed by atoms with Crippen LogP contribution >= 0.6 is 11.6 Å². The van der Waals surface area contributed by atoms with Crippen LogP contribution < -0.4 is 5.32 Å². The molecule has 1 aliphatic rings. The lowest BCUT2D eigenvalue weighted by Gasteiger charge is -2.38. The van der Waals surface area contributed by atoms with E-state index < -0.39 is 23.5 Å². The van der Waals surface area contributed by atoms with Crippen LogP contribution in [0.4, 0.5) is 4.79 Å². The minimum atomic E-state index is -0.851. The van der Waals surface area contributed by atoms with Crippen LogP contribution in [0.25, 0.3) is 0 Å². The molecule has 16 heavy (non-hydrogen) atoms. The van der Waals surface area contributed by atoms with E-state index in [9.17, 15) is 9.59 Å². The van der Waals surface area contributed by atoms with Crippen molar-refractivity contribution in [3.05, 3.63) is 0 Å². The minimum Gasteiger partial charge on any atom is -0.356 e. The summed E-state index contributed by atoms with van der Waals surface area (Å²) in [5, 5.41) is 1.36. The number of alkyl halides is 1. The molecule has 0 radical (unpaired) electrons. The maximum Gasteiger partial charge on any atom is 0.326 e. The summed E-state index contributed by atoms with van der Waals surface area (Å²) in [5.41, 5.74) is 0. The third-order valence-electron chi connectivity index (χ3n) is 2.20. The van der Waals surface area contributed by atoms with Crippen molar-refractivity contribution in [2.75, 3.05) is 13.2 Å². The van der Waals surface area contributed by atoms with E-state index in [2.05, 4.69) is 5.32 Å². The van der Waals surface area contributed by atoms with E-state index in [1.54, 1.807) is 6.92 Å². The zero-order valence-corrected chi connectivity index (χ0v) is 10.5. The SMILES string of the molecule is CCO[C@@H]1[C@H](Cl)C(=O)NC(=O)N1CC(C)C. The second-order valence-electron chi connectivity index (χ2n) is 4.09. The van der Waals surface area contributed by atoms with Gasteiger partial charge in [-0.15, -0.1) is 11.6 Å². The van der Waals surface area contributed by atoms with Crippen molar-refractivity contribution in [2.45, 2.75) is 32.4 Å². The highest BCUT2D eigenvalue weighted by atomic mass is 35.5. The highest BCUT2D eigenvalue weighted by molar-refractivity contribution is 6.33. The summed E-state index contributed by atoms with van der Waals surface area (Å²) >= 11 is 5.92. The van der Waals surface area contributed by atoms with Crippen molar-refractivity contribution in [2.24, 2.45) is 5.92 Å². The van der Waals surface area contributed by atoms with Crippen LogP contribution in [-0.4, -0.2) is 41.6 Å². The summed E-state index contributed by atoms with van der Waals surface area (Å²) in [6.45, 7) is 6.68. The van der Waals surface area contributed by atoms with Crippen LogP contribution in [0, 0.1) is 5.92 Å². The molecule has 5 nitrogen and oxygen atoms in total. The predicted molar refractivity (Wildman–Crippen MR) is 60.1 cm³/mol. The second-order valence-corrected chi connectivity index (χ2v) is 4.56. The number of amides is 3. The molecule has 1 rings (SSSR count). The summed E-state index contributed by atoms with van der Waals surface area (Å²) in [6.07, 6.45) is -0.671. The zero-order chi connectivity index (χ0) is 12.3. The van der Waals surface area contributed by atoms with E-state index in [-0.39, 0.29) is 5.92 Å². The molecule has 1 N–H and O–H groups in total. The molecule has 2 atom stereocenters. The molecule has 0 unspecified atom stereocenters. The molecular weight excluding hydrogens is 232 g/mol. The molecule has 92 valence electrons. The highest BCUT2D eigenvalue weighted by Crippen LogP contribution is 2.19. The number of hydrogen-bond donors (Lipinski definition) is 1. The van der Waals surface area contributed by atoms with Crippen LogP contribution in [0.1, 0.15) is 20.8 Å². The van der Waals surface area contributed by atoms with E-state index in [1.165, 1.54) is 4.90 Å². The Balaban J connectivity index is 2.82. The van der Waals surface area contributed by atoms with Crippen LogP contribution in [0.2, 0.25) is 0 Å². The molecule has 0 aliphatic carbocycles. The van der Waals surface area contributed by atoms with Gasteiger partial charge in [0.25, 0.3) is 5.91 Å². The van der Waals surface area contributed by atoms with E-state index in [1.807, 2.05) is 13.8 Å². The summed E-state index contributed by atoms with van der Waals surface area (Å²) in [7, 11) is 0. The molecule has 0 spiro atoms. The molecule has 1 heterocycles. The van der Waals surface area contributed by atoms with Crippen molar-refractivity contribution in [1.82, 2.24) is 10.2 Å². The largest absolute Gasteiger partial charge is 0.356 e. The van der Waals surface area contributed by atoms with Crippen molar-refractivity contribution < 1.29 is 14.3 Å². The Bertz CT molecular complexity index is 283. The Morgan fingerprint density at radius 3 is 2.62 bits per heavy atom. The van der Waals surface area contributed by atoms with Gasteiger partial charge in [0.05, 0.1) is 0 Å². The number of hydrogen-bond acceptors (Lipinski definition) is 3. The van der Waals surface area contributed by atoms with Crippen LogP contribution in [0.5, 0.6) is 0 Å². The van der Waals surface area contributed by atoms with Crippen molar-refractivity contribution >= 4 is 23.5 Å². The smallest absolute Gasteiger partial charge is 0.326 e. The molecule has 1 fully saturated rings. The fourth-order valence-electron chi connectivity index (χ4n) is 1.57. The maximum absolute atomic E-state index is 11.6. The van der Waals surface area contributed by atoms with Gasteiger partial charge >= 0.3 is 6.03 Å². The molecule has 0 aromatic heterocycles. The molecule has 0 saturated carbocycles. The Morgan fingerprint density at radius 1 is 1.50 bits per heavy atom. The molecule has 0 bridgehead atoms. The Labute approximate surface area is 100 Å². The van der Waals surface area contributed by atoms with Gasteiger partial charge in [0, 0.05) is 13.2 Å². The van der Waals surface area contributed by atoms with Gasteiger partial charge in [-0.25, -0.2) is 4.79 Å². The Morgan fingerprint density at radius 2 is 2.12 bits per heavy atom. The third kappa shape index (κ3) is 2.86. The maximum atomic E-state index is 11.6. The summed E-state index contributed by atoms with van der Waals surface area (Å²) in [5.74, 6) is -0.212. The van der Waals surface area contributed by atoms with Gasteiger partial charge in [-0.2, -0.15) is 0 Å². The van der Waals surface area contributed by atoms with Crippen molar-refractivity contribution in [1.29, 1.82) is 0 Å². The Kier molecular flexibility index (Phi) is 4.56. The molecule has 1 saturated heterocycles. The number of urea groups is 1. The minimum absolute atomic E-state index is 0.283. The average molecular weight is 249 g/mol. The fourth-order valence-corrected chi connectivity index (χ4v) is 1.84. The number of ether oxygens (including phenoxy) is 1. The standard InChI is InChI=1S/C10H17ClN2O3/c1-4-16-9-7(11)8(14)12-10(15)13(9)5-6(2)3/h6-7,9H,4-5H2,1-3H3,(H,12,14,15)/t7-,9-/m1/s1. The first-order valence-electron chi connectivity index (χ1n) is 5.34. The quantitative estimate of drug-likeness (QED) is 0.760. The number of imide groups is 1. The van der Waals surface area contributed by atoms with Gasteiger partial charge in [-0.1, -0.05) is 13.8 Å². The molecule has 3 amide bonds. The van der Waals surface area contributed by atoms with Gasteiger partial charge in [0.1, 0.15) is 0 Å². The number of nitrogens with zero attached hydrogens (tertiary/aromatic N) is 1. The molecule has 0 aromatic rings. The van der Waals surface area contributed by atoms with Gasteiger partial charge in [0.2, 0.25) is 0 Å². The van der Waals surface area contributed by atoms with E-state index in [4.69, 9.17) is 16.3 Å². The van der Waals surface area contributed by atoms with E-state index in [0.29, 0.717) is 13.2 Å². The summed E-state index contributed by atoms with van der Waals surface area (Å²) in [6, 6.07) is -0.436. The third-order valence-corrected chi connectivity index (χ3v) is 2.61. The number of carbonyl (C=O) groups is 2. The summed E-state index contributed by atoms with van der Waals surface area (Å²) in [4.78, 5) is 24.4. The lowest BCUT2D eigenvalue weighted by atomic mass is 10.1. The first-order valence-corrected chi connectivity index (χ1v) is 5.78. The first-order chi connectivity index (χ1) is 7.47. The van der Waals surface area contributed by atoms with Crippen LogP contribution in [-0.2, 0) is 9.53 Å². The highest BCUT2D eigenvalue weighted by Gasteiger charge is 2.40. The van der Waals surface area contributed by atoms with Crippen LogP contribution in [0.3, 0.4) is 0 Å². The lowest BCUT2D eigenvalue weighted by molar-refractivity contribution is -0.130. The fraction of sp³-hybridized carbons (Fsp3) is 0.800. The zero-order valence-electron chi connectivity index (χ0n) is 9.70. The average Bonchev–Trinajstić information content (AvgIpc) is 2.19. The number of carbonyl (C=O) groups excluding carboxylic acids is 2. The number of nitrogens with one attached hydrogen (secondary N) is 1. The summed E-state index contributed by atoms with van der Waals surface area (Å²) < 4.78 is 5.36. The first kappa shape index (κ1) is 13.3. The Hall–Kier alpha value is -0.810. The number of halogens is 1. The van der Waals surface area contributed by atoms with Gasteiger partial charge < -0.3 is 4.74 Å². The number of rotatable bonds is 4. The van der Waals surface area contributed by atoms with E-state index >= 15 is 0 Å².